The van der Waals surface area contributed by atoms with Crippen molar-refractivity contribution in [2.45, 2.75) is 156 Å². The number of aromatic nitrogens is 2. The molecule has 0 radical (unpaired) electrons. The number of anilines is 4. The molecule has 2 aliphatic rings. The van der Waals surface area contributed by atoms with Crippen molar-refractivity contribution >= 4 is 44.6 Å². The Morgan fingerprint density at radius 3 is 1.75 bits per heavy atom. The molecule has 3 heterocycles. The molecular weight excluding hydrogens is 1010 g/mol. The van der Waals surface area contributed by atoms with Crippen molar-refractivity contribution in [2.75, 3.05) is 16.5 Å². The minimum atomic E-state index is -0.290. The van der Waals surface area contributed by atoms with E-state index in [0.29, 0.717) is 45.8 Å². The van der Waals surface area contributed by atoms with Crippen LogP contribution in [0.25, 0.3) is 61.0 Å². The van der Waals surface area contributed by atoms with Crippen molar-refractivity contribution < 1.29 is 10.2 Å². The van der Waals surface area contributed by atoms with E-state index in [-0.39, 0.29) is 56.7 Å². The lowest BCUT2D eigenvalue weighted by Crippen LogP contribution is -2.33. The second kappa shape index (κ2) is 19.9. The van der Waals surface area contributed by atoms with Crippen LogP contribution in [0.5, 0.6) is 11.5 Å². The van der Waals surface area contributed by atoms with Crippen molar-refractivity contribution in [1.82, 2.24) is 9.55 Å². The van der Waals surface area contributed by atoms with E-state index in [0.717, 1.165) is 46.7 Å². The molecule has 0 unspecified atom stereocenters. The maximum atomic E-state index is 9.19. The summed E-state index contributed by atoms with van der Waals surface area (Å²) in [7, 11) is 0. The van der Waals surface area contributed by atoms with Crippen LogP contribution in [0.2, 0.25) is 0 Å². The maximum Gasteiger partial charge on any atom is 0.137 e. The Bertz CT molecular complexity index is 4390. The fourth-order valence-electron chi connectivity index (χ4n) is 12.7. The molecule has 0 fully saturated rings. The quantitative estimate of drug-likeness (QED) is 0.152. The van der Waals surface area contributed by atoms with Gasteiger partial charge in [0.1, 0.15) is 24.0 Å². The van der Waals surface area contributed by atoms with Crippen molar-refractivity contribution in [1.29, 1.82) is 0 Å². The Morgan fingerprint density at radius 2 is 1.07 bits per heavy atom. The molecule has 8 aromatic carbocycles. The van der Waals surface area contributed by atoms with Gasteiger partial charge in [0, 0.05) is 45.9 Å². The zero-order chi connectivity index (χ0) is 62.2. The highest BCUT2D eigenvalue weighted by molar-refractivity contribution is 6.09. The molecule has 0 spiro atoms. The zero-order valence-corrected chi connectivity index (χ0v) is 51.8. The van der Waals surface area contributed by atoms with Crippen molar-refractivity contribution in [3.05, 3.63) is 215 Å². The van der Waals surface area contributed by atoms with Gasteiger partial charge in [0.2, 0.25) is 0 Å². The SMILES string of the molecule is [2H]c1c([2H])c([2H])c2c(c1[2H])c1ccc(Oc3cccc(N4CN(c5c(-c6ccc(-c7ccc(C(C)(C)C)cc7C(C)(C)C)cc6)cc(C(C)(C)C)cc5-c5ccc6c(c5)C(C)(C)CCC6(C)C)c5ccccc54)c3)cc1n2-c1cc(C(C)(C)C)ccn1. The third kappa shape index (κ3) is 10.2. The molecule has 0 saturated heterocycles. The van der Waals surface area contributed by atoms with E-state index in [2.05, 4.69) is 230 Å². The summed E-state index contributed by atoms with van der Waals surface area (Å²) in [5.74, 6) is 1.76. The van der Waals surface area contributed by atoms with Gasteiger partial charge in [-0.05, 0) is 168 Å². The lowest BCUT2D eigenvalue weighted by molar-refractivity contribution is 0.332. The van der Waals surface area contributed by atoms with Crippen LogP contribution in [0.1, 0.15) is 162 Å². The van der Waals surface area contributed by atoms with Gasteiger partial charge < -0.3 is 14.5 Å². The molecule has 0 saturated carbocycles. The number of fused-ring (bicyclic) bond motifs is 5. The highest BCUT2D eigenvalue weighted by Gasteiger charge is 2.39. The standard InChI is InChI=1S/C78H84N4O/c1-73(2,3)53-33-35-59(65(45-53)76(10,11)12)50-28-30-51(31-29-50)62-43-55(75(7,8)9)44-63(52-32-37-64-66(42-52)78(15,16)40-39-77(64,13)14)72(62)81-49-80(68-26-19-20-27-69(68)81)56-22-21-23-57(47-56)83-58-34-36-61-60-24-17-18-25-67(60)82(70(61)48-58)71-46-54(38-41-79-71)74(4,5)6/h17-38,41-48H,39-40,49H2,1-16H3/i17D,18D,24D,25D. The van der Waals surface area contributed by atoms with E-state index >= 15 is 0 Å². The Balaban J connectivity index is 0.996. The average Bonchev–Trinajstić information content (AvgIpc) is 1.68. The first kappa shape index (κ1) is 50.8. The van der Waals surface area contributed by atoms with Crippen LogP contribution in [-0.4, -0.2) is 16.2 Å². The first-order valence-electron chi connectivity index (χ1n) is 31.8. The highest BCUT2D eigenvalue weighted by atomic mass is 16.5. The first-order chi connectivity index (χ1) is 40.8. The van der Waals surface area contributed by atoms with E-state index in [1.807, 2.05) is 47.0 Å². The van der Waals surface area contributed by atoms with Gasteiger partial charge in [-0.15, -0.1) is 0 Å². The van der Waals surface area contributed by atoms with E-state index < -0.39 is 0 Å². The molecule has 10 aromatic rings. The van der Waals surface area contributed by atoms with Crippen molar-refractivity contribution in [2.24, 2.45) is 0 Å². The molecule has 12 rings (SSSR count). The average molecular weight is 1100 g/mol. The van der Waals surface area contributed by atoms with E-state index in [9.17, 15) is 1.37 Å². The first-order valence-corrected chi connectivity index (χ1v) is 29.8. The normalized spacial score (nSPS) is 15.9. The summed E-state index contributed by atoms with van der Waals surface area (Å²) in [5.41, 5.74) is 20.2. The molecule has 0 bridgehead atoms. The second-order valence-corrected chi connectivity index (χ2v) is 29.0. The third-order valence-electron chi connectivity index (χ3n) is 17.9. The topological polar surface area (TPSA) is 33.5 Å². The van der Waals surface area contributed by atoms with Gasteiger partial charge in [-0.2, -0.15) is 0 Å². The molecule has 1 aliphatic carbocycles. The Kier molecular flexibility index (Phi) is 12.2. The lowest BCUT2D eigenvalue weighted by atomic mass is 9.63. The molecule has 5 heteroatoms. The summed E-state index contributed by atoms with van der Waals surface area (Å²) in [6, 6.07) is 54.7. The van der Waals surface area contributed by atoms with Crippen LogP contribution < -0.4 is 14.5 Å². The summed E-state index contributed by atoms with van der Waals surface area (Å²) in [6.07, 6.45) is 4.04. The van der Waals surface area contributed by atoms with Gasteiger partial charge >= 0.3 is 0 Å². The molecular formula is C78H84N4O. The lowest BCUT2D eigenvalue weighted by Gasteiger charge is -2.42. The number of benzene rings is 8. The summed E-state index contributed by atoms with van der Waals surface area (Å²) < 4.78 is 44.4. The molecule has 0 N–H and O–H groups in total. The predicted molar refractivity (Wildman–Crippen MR) is 354 cm³/mol. The molecule has 2 aromatic heterocycles. The van der Waals surface area contributed by atoms with Crippen LogP contribution >= 0.6 is 0 Å². The number of para-hydroxylation sites is 3. The van der Waals surface area contributed by atoms with Gasteiger partial charge in [0.25, 0.3) is 0 Å². The third-order valence-corrected chi connectivity index (χ3v) is 17.9. The van der Waals surface area contributed by atoms with Crippen LogP contribution in [0.3, 0.4) is 0 Å². The summed E-state index contributed by atoms with van der Waals surface area (Å²) in [5, 5.41) is 1.13. The van der Waals surface area contributed by atoms with Crippen LogP contribution in [0, 0.1) is 0 Å². The molecule has 0 amide bonds. The number of pyridine rings is 1. The van der Waals surface area contributed by atoms with Crippen molar-refractivity contribution in [3.8, 4) is 50.7 Å². The second-order valence-electron chi connectivity index (χ2n) is 29.0. The van der Waals surface area contributed by atoms with Crippen LogP contribution in [-0.2, 0) is 32.5 Å². The van der Waals surface area contributed by atoms with Gasteiger partial charge in [-0.25, -0.2) is 4.98 Å². The number of hydrogen-bond acceptors (Lipinski definition) is 4. The minimum absolute atomic E-state index is 0.0113. The fourth-order valence-corrected chi connectivity index (χ4v) is 12.7. The molecule has 422 valence electrons. The predicted octanol–water partition coefficient (Wildman–Crippen LogP) is 21.8. The Hall–Kier alpha value is -7.89. The number of ether oxygens (including phenoxy) is 1. The Labute approximate surface area is 500 Å². The van der Waals surface area contributed by atoms with E-state index in [1.54, 1.807) is 6.20 Å². The molecule has 83 heavy (non-hydrogen) atoms. The largest absolute Gasteiger partial charge is 0.457 e. The van der Waals surface area contributed by atoms with Gasteiger partial charge in [-0.3, -0.25) is 4.57 Å². The van der Waals surface area contributed by atoms with Gasteiger partial charge in [-0.1, -0.05) is 208 Å². The molecule has 0 atom stereocenters. The highest BCUT2D eigenvalue weighted by Crippen LogP contribution is 2.54. The maximum absolute atomic E-state index is 9.19. The zero-order valence-electron chi connectivity index (χ0n) is 55.8. The Morgan fingerprint density at radius 1 is 0.470 bits per heavy atom. The molecule has 5 nitrogen and oxygen atoms in total. The van der Waals surface area contributed by atoms with E-state index in [1.165, 1.54) is 55.6 Å². The number of nitrogens with zero attached hydrogens (tertiary/aromatic N) is 4. The monoisotopic (exact) mass is 1100 g/mol. The van der Waals surface area contributed by atoms with E-state index in [4.69, 9.17) is 13.8 Å². The smallest absolute Gasteiger partial charge is 0.137 e. The number of rotatable bonds is 8. The van der Waals surface area contributed by atoms with Crippen LogP contribution in [0.4, 0.5) is 22.7 Å². The molecule has 1 aliphatic heterocycles. The minimum Gasteiger partial charge on any atom is -0.457 e. The fraction of sp³-hybridized carbons (Fsp3) is 0.321. The van der Waals surface area contributed by atoms with Gasteiger partial charge in [0.15, 0.2) is 0 Å². The summed E-state index contributed by atoms with van der Waals surface area (Å²) in [6.45, 7) is 37.5. The summed E-state index contributed by atoms with van der Waals surface area (Å²) >= 11 is 0. The summed E-state index contributed by atoms with van der Waals surface area (Å²) in [4.78, 5) is 9.74. The van der Waals surface area contributed by atoms with Crippen molar-refractivity contribution in [3.63, 3.8) is 0 Å². The number of hydrogen-bond donors (Lipinski definition) is 0. The van der Waals surface area contributed by atoms with Crippen LogP contribution in [0.15, 0.2) is 182 Å². The van der Waals surface area contributed by atoms with Gasteiger partial charge in [0.05, 0.1) is 33.6 Å².